The Balaban J connectivity index is 2.54. The van der Waals surface area contributed by atoms with Gasteiger partial charge in [-0.2, -0.15) is 0 Å². The molecule has 0 unspecified atom stereocenters. The van der Waals surface area contributed by atoms with Gasteiger partial charge in [-0.3, -0.25) is 4.98 Å². The summed E-state index contributed by atoms with van der Waals surface area (Å²) in [6.07, 6.45) is 1.36. The number of rotatable bonds is 1. The Morgan fingerprint density at radius 1 is 1.27 bits per heavy atom. The molecule has 0 bridgehead atoms. The molecule has 3 nitrogen and oxygen atoms in total. The van der Waals surface area contributed by atoms with Crippen molar-refractivity contribution in [2.75, 3.05) is 0 Å². The average molecular weight is 225 g/mol. The summed E-state index contributed by atoms with van der Waals surface area (Å²) in [5, 5.41) is 0.196. The molecule has 0 spiro atoms. The molecule has 2 rings (SSSR count). The Labute approximate surface area is 89.6 Å². The molecule has 0 saturated carbocycles. The maximum atomic E-state index is 12.7. The van der Waals surface area contributed by atoms with Crippen LogP contribution in [0.15, 0.2) is 35.3 Å². The number of hydrogen-bond donors (Lipinski definition) is 1. The van der Waals surface area contributed by atoms with Crippen LogP contribution in [0.3, 0.4) is 0 Å². The van der Waals surface area contributed by atoms with Gasteiger partial charge in [0, 0.05) is 11.8 Å². The zero-order valence-electron chi connectivity index (χ0n) is 7.50. The molecule has 1 N–H and O–H groups in total. The van der Waals surface area contributed by atoms with Gasteiger partial charge in [0.2, 0.25) is 0 Å². The Kier molecular flexibility index (Phi) is 2.51. The lowest BCUT2D eigenvalue weighted by molar-refractivity contribution is 0.628. The lowest BCUT2D eigenvalue weighted by Gasteiger charge is -2.02. The van der Waals surface area contributed by atoms with E-state index < -0.39 is 5.69 Å². The topological polar surface area (TPSA) is 45.8 Å². The van der Waals surface area contributed by atoms with Crippen molar-refractivity contribution < 1.29 is 4.39 Å². The van der Waals surface area contributed by atoms with E-state index in [4.69, 9.17) is 11.6 Å². The number of aromatic nitrogens is 2. The molecule has 2 aromatic rings. The van der Waals surface area contributed by atoms with Gasteiger partial charge >= 0.3 is 5.69 Å². The van der Waals surface area contributed by atoms with Gasteiger partial charge in [-0.25, -0.2) is 14.2 Å². The first-order chi connectivity index (χ1) is 7.16. The number of halogens is 2. The van der Waals surface area contributed by atoms with Crippen LogP contribution < -0.4 is 5.69 Å². The van der Waals surface area contributed by atoms with Crippen LogP contribution in [-0.4, -0.2) is 9.97 Å². The summed E-state index contributed by atoms with van der Waals surface area (Å²) in [5.41, 5.74) is 0.757. The van der Waals surface area contributed by atoms with Gasteiger partial charge in [0.1, 0.15) is 11.0 Å². The van der Waals surface area contributed by atoms with Gasteiger partial charge in [0.05, 0.1) is 0 Å². The highest BCUT2D eigenvalue weighted by Crippen LogP contribution is 2.23. The van der Waals surface area contributed by atoms with Gasteiger partial charge in [-0.15, -0.1) is 0 Å². The molecule has 1 heterocycles. The lowest BCUT2D eigenvalue weighted by atomic mass is 10.1. The van der Waals surface area contributed by atoms with Crippen molar-refractivity contribution in [1.82, 2.24) is 9.97 Å². The fraction of sp³-hybridized carbons (Fsp3) is 0. The summed E-state index contributed by atoms with van der Waals surface area (Å²) < 4.78 is 12.7. The van der Waals surface area contributed by atoms with Crippen molar-refractivity contribution in [1.29, 1.82) is 0 Å². The predicted molar refractivity (Wildman–Crippen MR) is 55.3 cm³/mol. The van der Waals surface area contributed by atoms with E-state index in [1.165, 1.54) is 18.3 Å². The number of hydrogen-bond acceptors (Lipinski definition) is 2. The quantitative estimate of drug-likeness (QED) is 0.755. The smallest absolute Gasteiger partial charge is 0.296 e. The molecule has 0 atom stereocenters. The van der Waals surface area contributed by atoms with Gasteiger partial charge in [-0.1, -0.05) is 23.7 Å². The maximum absolute atomic E-state index is 12.7. The number of H-pyrrole nitrogens is 1. The minimum Gasteiger partial charge on any atom is -0.296 e. The summed E-state index contributed by atoms with van der Waals surface area (Å²) in [6.45, 7) is 0. The van der Waals surface area contributed by atoms with E-state index in [2.05, 4.69) is 9.97 Å². The first-order valence-electron chi connectivity index (χ1n) is 4.17. The fourth-order valence-corrected chi connectivity index (χ4v) is 1.44. The highest BCUT2D eigenvalue weighted by Gasteiger charge is 2.04. The Bertz CT molecular complexity index is 536. The fourth-order valence-electron chi connectivity index (χ4n) is 1.20. The molecule has 0 radical (unpaired) electrons. The predicted octanol–water partition coefficient (Wildman–Crippen LogP) is 2.23. The molecule has 1 aromatic carbocycles. The maximum Gasteiger partial charge on any atom is 0.346 e. The highest BCUT2D eigenvalue weighted by atomic mass is 35.5. The van der Waals surface area contributed by atoms with Crippen LogP contribution in [0.4, 0.5) is 4.39 Å². The van der Waals surface area contributed by atoms with Crippen LogP contribution >= 0.6 is 11.6 Å². The van der Waals surface area contributed by atoms with Crippen molar-refractivity contribution in [2.45, 2.75) is 0 Å². The van der Waals surface area contributed by atoms with Crippen molar-refractivity contribution in [3.63, 3.8) is 0 Å². The zero-order valence-corrected chi connectivity index (χ0v) is 8.25. The van der Waals surface area contributed by atoms with Gasteiger partial charge in [-0.05, 0) is 17.7 Å². The van der Waals surface area contributed by atoms with E-state index in [-0.39, 0.29) is 11.0 Å². The summed E-state index contributed by atoms with van der Waals surface area (Å²) >= 11 is 5.81. The minimum absolute atomic E-state index is 0.196. The lowest BCUT2D eigenvalue weighted by Crippen LogP contribution is -2.09. The van der Waals surface area contributed by atoms with E-state index in [0.717, 1.165) is 0 Å². The summed E-state index contributed by atoms with van der Waals surface area (Å²) in [5.74, 6) is -0.327. The van der Waals surface area contributed by atoms with Crippen LogP contribution in [0, 0.1) is 5.82 Å². The molecule has 0 fully saturated rings. The molecular formula is C10H6ClFN2O. The minimum atomic E-state index is -0.508. The zero-order chi connectivity index (χ0) is 10.8. The van der Waals surface area contributed by atoms with E-state index >= 15 is 0 Å². The number of benzene rings is 1. The van der Waals surface area contributed by atoms with Crippen molar-refractivity contribution >= 4 is 11.6 Å². The van der Waals surface area contributed by atoms with Crippen LogP contribution in [0.5, 0.6) is 0 Å². The molecule has 0 amide bonds. The SMILES string of the molecule is O=c1ncc(-c2ccc(F)cc2)c(Cl)[nH]1. The molecule has 1 aromatic heterocycles. The molecule has 0 saturated heterocycles. The second-order valence-electron chi connectivity index (χ2n) is 2.92. The van der Waals surface area contributed by atoms with Crippen LogP contribution in [0.2, 0.25) is 5.15 Å². The van der Waals surface area contributed by atoms with E-state index in [0.29, 0.717) is 11.1 Å². The number of nitrogens with zero attached hydrogens (tertiary/aromatic N) is 1. The van der Waals surface area contributed by atoms with Crippen molar-refractivity contribution in [2.24, 2.45) is 0 Å². The van der Waals surface area contributed by atoms with Crippen LogP contribution in [0.1, 0.15) is 0 Å². The van der Waals surface area contributed by atoms with E-state index in [9.17, 15) is 9.18 Å². The summed E-state index contributed by atoms with van der Waals surface area (Å²) in [7, 11) is 0. The highest BCUT2D eigenvalue weighted by molar-refractivity contribution is 6.32. The Morgan fingerprint density at radius 3 is 2.53 bits per heavy atom. The first-order valence-corrected chi connectivity index (χ1v) is 4.55. The standard InChI is InChI=1S/C10H6ClFN2O/c11-9-8(5-13-10(15)14-9)6-1-3-7(12)4-2-6/h1-5H,(H,13,14,15). The van der Waals surface area contributed by atoms with E-state index in [1.807, 2.05) is 0 Å². The Morgan fingerprint density at radius 2 is 1.93 bits per heavy atom. The second kappa shape index (κ2) is 3.82. The normalized spacial score (nSPS) is 10.3. The molecule has 0 aliphatic heterocycles. The number of aromatic amines is 1. The van der Waals surface area contributed by atoms with Crippen LogP contribution in [-0.2, 0) is 0 Å². The Hall–Kier alpha value is -1.68. The second-order valence-corrected chi connectivity index (χ2v) is 3.30. The average Bonchev–Trinajstić information content (AvgIpc) is 2.20. The molecule has 5 heteroatoms. The van der Waals surface area contributed by atoms with E-state index in [1.54, 1.807) is 12.1 Å². The van der Waals surface area contributed by atoms with Gasteiger partial charge in [0.15, 0.2) is 0 Å². The van der Waals surface area contributed by atoms with Gasteiger partial charge < -0.3 is 0 Å². The van der Waals surface area contributed by atoms with Crippen LogP contribution in [0.25, 0.3) is 11.1 Å². The third-order valence-electron chi connectivity index (χ3n) is 1.92. The van der Waals surface area contributed by atoms with Gasteiger partial charge in [0.25, 0.3) is 0 Å². The molecule has 0 aliphatic carbocycles. The largest absolute Gasteiger partial charge is 0.346 e. The molecule has 0 aliphatic rings. The monoisotopic (exact) mass is 224 g/mol. The molecule has 15 heavy (non-hydrogen) atoms. The summed E-state index contributed by atoms with van der Waals surface area (Å²) in [6, 6.07) is 5.76. The third kappa shape index (κ3) is 2.05. The number of nitrogens with one attached hydrogen (secondary N) is 1. The third-order valence-corrected chi connectivity index (χ3v) is 2.22. The summed E-state index contributed by atoms with van der Waals surface area (Å²) in [4.78, 5) is 16.7. The molecule has 76 valence electrons. The van der Waals surface area contributed by atoms with Crippen molar-refractivity contribution in [3.8, 4) is 11.1 Å². The van der Waals surface area contributed by atoms with Crippen molar-refractivity contribution in [3.05, 3.63) is 51.9 Å². The molecular weight excluding hydrogens is 219 g/mol. The first kappa shape index (κ1) is 9.86.